The first kappa shape index (κ1) is 26.5. The monoisotopic (exact) mass is 530 g/mol. The molecule has 2 aromatic carbocycles. The quantitative estimate of drug-likeness (QED) is 0.497. The summed E-state index contributed by atoms with van der Waals surface area (Å²) in [5, 5.41) is 0. The fourth-order valence-electron chi connectivity index (χ4n) is 4.96. The summed E-state index contributed by atoms with van der Waals surface area (Å²) in [5.74, 6) is -7.88. The number of carbonyl (C=O) groups excluding carboxylic acids is 1. The van der Waals surface area contributed by atoms with Crippen LogP contribution < -0.4 is 0 Å². The topological polar surface area (TPSA) is 57.7 Å². The second kappa shape index (κ2) is 9.41. The van der Waals surface area contributed by atoms with Gasteiger partial charge in [0.05, 0.1) is 11.4 Å². The molecule has 1 amide bonds. The number of alkyl halides is 4. The number of nitrogens with zero attached hydrogens (tertiary/aromatic N) is 2. The highest BCUT2D eigenvalue weighted by Gasteiger charge is 2.54. The molecule has 0 unspecified atom stereocenters. The molecule has 1 saturated heterocycles. The molecule has 0 N–H and O–H groups in total. The summed E-state index contributed by atoms with van der Waals surface area (Å²) in [7, 11) is -3.35. The number of rotatable bonds is 5. The van der Waals surface area contributed by atoms with E-state index < -0.39 is 76.4 Å². The van der Waals surface area contributed by atoms with E-state index in [-0.39, 0.29) is 24.0 Å². The van der Waals surface area contributed by atoms with Crippen LogP contribution in [0.1, 0.15) is 37.7 Å². The third-order valence-corrected chi connectivity index (χ3v) is 8.89. The van der Waals surface area contributed by atoms with Gasteiger partial charge in [0.15, 0.2) is 0 Å². The van der Waals surface area contributed by atoms with E-state index in [0.717, 1.165) is 11.0 Å². The maximum absolute atomic E-state index is 14.6. The Kier molecular flexibility index (Phi) is 6.93. The number of carbonyl (C=O) groups is 1. The summed E-state index contributed by atoms with van der Waals surface area (Å²) >= 11 is 0. The van der Waals surface area contributed by atoms with E-state index in [1.807, 2.05) is 0 Å². The summed E-state index contributed by atoms with van der Waals surface area (Å²) < 4.78 is 98.8. The summed E-state index contributed by atoms with van der Waals surface area (Å²) in [6.45, 7) is 0.465. The zero-order valence-corrected chi connectivity index (χ0v) is 20.7. The highest BCUT2D eigenvalue weighted by Crippen LogP contribution is 2.41. The van der Waals surface area contributed by atoms with Gasteiger partial charge in [-0.3, -0.25) is 4.79 Å². The highest BCUT2D eigenvalue weighted by molar-refractivity contribution is 7.89. The molecule has 1 saturated carbocycles. The molecular weight excluding hydrogens is 503 g/mol. The highest BCUT2D eigenvalue weighted by atomic mass is 32.2. The third kappa shape index (κ3) is 5.13. The molecule has 5 nitrogen and oxygen atoms in total. The van der Waals surface area contributed by atoms with Crippen LogP contribution >= 0.6 is 0 Å². The van der Waals surface area contributed by atoms with Crippen molar-refractivity contribution in [1.82, 2.24) is 9.21 Å². The van der Waals surface area contributed by atoms with Crippen LogP contribution in [-0.2, 0) is 14.8 Å². The molecule has 0 bridgehead atoms. The van der Waals surface area contributed by atoms with Gasteiger partial charge >= 0.3 is 0 Å². The number of hydrogen-bond donors (Lipinski definition) is 0. The molecule has 36 heavy (non-hydrogen) atoms. The average Bonchev–Trinajstić information content (AvgIpc) is 3.14. The number of halogens is 5. The number of hydrogen-bond acceptors (Lipinski definition) is 3. The largest absolute Gasteiger partial charge is 0.341 e. The molecule has 2 fully saturated rings. The molecule has 1 heterocycles. The first-order chi connectivity index (χ1) is 16.7. The lowest BCUT2D eigenvalue weighted by atomic mass is 9.91. The molecule has 0 radical (unpaired) electrons. The van der Waals surface area contributed by atoms with E-state index in [2.05, 4.69) is 0 Å². The van der Waals surface area contributed by atoms with Crippen LogP contribution in [0.3, 0.4) is 0 Å². The minimum Gasteiger partial charge on any atom is -0.341 e. The first-order valence-corrected chi connectivity index (χ1v) is 13.1. The van der Waals surface area contributed by atoms with E-state index >= 15 is 0 Å². The second-order valence-electron chi connectivity index (χ2n) is 9.64. The first-order valence-electron chi connectivity index (χ1n) is 11.6. The zero-order valence-electron chi connectivity index (χ0n) is 19.9. The molecule has 11 heteroatoms. The second-order valence-corrected chi connectivity index (χ2v) is 11.5. The molecule has 1 aliphatic carbocycles. The van der Waals surface area contributed by atoms with Crippen LogP contribution in [0.25, 0.3) is 11.1 Å². The van der Waals surface area contributed by atoms with Crippen LogP contribution in [0.5, 0.6) is 0 Å². The van der Waals surface area contributed by atoms with Gasteiger partial charge in [-0.1, -0.05) is 29.8 Å². The van der Waals surface area contributed by atoms with Crippen molar-refractivity contribution in [1.29, 1.82) is 0 Å². The Bertz CT molecular complexity index is 1260. The lowest BCUT2D eigenvalue weighted by Gasteiger charge is -2.36. The van der Waals surface area contributed by atoms with Gasteiger partial charge in [0, 0.05) is 43.5 Å². The molecule has 1 aliphatic heterocycles. The van der Waals surface area contributed by atoms with Crippen molar-refractivity contribution in [2.24, 2.45) is 0 Å². The van der Waals surface area contributed by atoms with Crippen LogP contribution in [0.15, 0.2) is 47.4 Å². The fraction of sp³-hybridized carbons (Fsp3) is 0.480. The van der Waals surface area contributed by atoms with Crippen LogP contribution in [0.4, 0.5) is 22.0 Å². The van der Waals surface area contributed by atoms with Gasteiger partial charge in [0.2, 0.25) is 21.9 Å². The Balaban J connectivity index is 1.71. The number of benzene rings is 2. The minimum absolute atomic E-state index is 0.00242. The zero-order chi connectivity index (χ0) is 26.5. The SMILES string of the molecule is Cc1ccc(S(=O)(=O)N2CC(F)(F)C[C@H]2C(=O)N(C)C2CCC(F)(F)CC2)c(-c2ccccc2F)c1. The van der Waals surface area contributed by atoms with Crippen molar-refractivity contribution in [3.8, 4) is 11.1 Å². The normalized spacial score (nSPS) is 22.5. The lowest BCUT2D eigenvalue weighted by Crippen LogP contribution is -2.50. The summed E-state index contributed by atoms with van der Waals surface area (Å²) in [5.41, 5.74) is 0.603. The maximum Gasteiger partial charge on any atom is 0.263 e. The lowest BCUT2D eigenvalue weighted by molar-refractivity contribution is -0.138. The molecule has 196 valence electrons. The van der Waals surface area contributed by atoms with Crippen molar-refractivity contribution < 1.29 is 35.2 Å². The molecule has 0 spiro atoms. The summed E-state index contributed by atoms with van der Waals surface area (Å²) in [6, 6.07) is 7.32. The Hall–Kier alpha value is -2.53. The molecular formula is C25H27F5N2O3S. The smallest absolute Gasteiger partial charge is 0.263 e. The van der Waals surface area contributed by atoms with Gasteiger partial charge in [0.1, 0.15) is 11.9 Å². The third-order valence-electron chi connectivity index (χ3n) is 6.98. The fourth-order valence-corrected chi connectivity index (χ4v) is 6.76. The standard InChI is InChI=1S/C25H27F5N2O3S/c1-16-7-8-22(19(13-16)18-5-3-4-6-20(18)26)36(34,35)32-15-25(29,30)14-21(32)23(33)31(2)17-9-11-24(27,28)12-10-17/h3-8,13,17,21H,9-12,14-15H2,1-2H3/t21-/m0/s1. The van der Waals surface area contributed by atoms with Crippen molar-refractivity contribution in [2.75, 3.05) is 13.6 Å². The van der Waals surface area contributed by atoms with Crippen molar-refractivity contribution >= 4 is 15.9 Å². The van der Waals surface area contributed by atoms with Crippen LogP contribution in [0.2, 0.25) is 0 Å². The van der Waals surface area contributed by atoms with E-state index in [1.165, 1.54) is 43.4 Å². The minimum atomic E-state index is -4.68. The Morgan fingerprint density at radius 1 is 1.00 bits per heavy atom. The summed E-state index contributed by atoms with van der Waals surface area (Å²) in [4.78, 5) is 14.0. The number of sulfonamides is 1. The molecule has 1 atom stereocenters. The number of aryl methyl sites for hydroxylation is 1. The maximum atomic E-state index is 14.6. The Morgan fingerprint density at radius 3 is 2.28 bits per heavy atom. The summed E-state index contributed by atoms with van der Waals surface area (Å²) in [6.07, 6.45) is -1.93. The van der Waals surface area contributed by atoms with Gasteiger partial charge < -0.3 is 4.90 Å². The van der Waals surface area contributed by atoms with Gasteiger partial charge in [-0.25, -0.2) is 30.4 Å². The van der Waals surface area contributed by atoms with Crippen LogP contribution in [0, 0.1) is 12.7 Å². The van der Waals surface area contributed by atoms with E-state index in [1.54, 1.807) is 6.92 Å². The number of likely N-dealkylation sites (N-methyl/N-ethyl adjacent to an activating group) is 1. The van der Waals surface area contributed by atoms with Crippen molar-refractivity contribution in [3.63, 3.8) is 0 Å². The van der Waals surface area contributed by atoms with Crippen molar-refractivity contribution in [2.45, 2.75) is 67.9 Å². The molecule has 4 rings (SSSR count). The number of amides is 1. The van der Waals surface area contributed by atoms with Gasteiger partial charge in [-0.2, -0.15) is 4.31 Å². The van der Waals surface area contributed by atoms with Gasteiger partial charge in [0.25, 0.3) is 5.92 Å². The Labute approximate surface area is 206 Å². The van der Waals surface area contributed by atoms with E-state index in [0.29, 0.717) is 9.87 Å². The van der Waals surface area contributed by atoms with E-state index in [9.17, 15) is 35.2 Å². The molecule has 0 aromatic heterocycles. The average molecular weight is 531 g/mol. The van der Waals surface area contributed by atoms with E-state index in [4.69, 9.17) is 0 Å². The van der Waals surface area contributed by atoms with Gasteiger partial charge in [-0.15, -0.1) is 0 Å². The Morgan fingerprint density at radius 2 is 1.64 bits per heavy atom. The predicted molar refractivity (Wildman–Crippen MR) is 124 cm³/mol. The molecule has 2 aliphatic rings. The van der Waals surface area contributed by atoms with Crippen molar-refractivity contribution in [3.05, 3.63) is 53.8 Å². The predicted octanol–water partition coefficient (Wildman–Crippen LogP) is 5.24. The van der Waals surface area contributed by atoms with Crippen LogP contribution in [-0.4, -0.2) is 61.1 Å². The van der Waals surface area contributed by atoms with Gasteiger partial charge in [-0.05, 0) is 38.0 Å². The molecule has 2 aromatic rings.